The van der Waals surface area contributed by atoms with E-state index in [-0.39, 0.29) is 5.97 Å². The number of methoxy groups -OCH3 is 2. The van der Waals surface area contributed by atoms with Gasteiger partial charge in [-0.1, -0.05) is 0 Å². The summed E-state index contributed by atoms with van der Waals surface area (Å²) in [7, 11) is 3.09. The molecule has 88 valence electrons. The van der Waals surface area contributed by atoms with Gasteiger partial charge in [-0.2, -0.15) is 0 Å². The van der Waals surface area contributed by atoms with Crippen LogP contribution in [0.1, 0.15) is 12.0 Å². The van der Waals surface area contributed by atoms with Crippen molar-refractivity contribution in [3.63, 3.8) is 0 Å². The number of carbonyl (C=O) groups excluding carboxylic acids is 1. The second kappa shape index (κ2) is 7.31. The van der Waals surface area contributed by atoms with E-state index in [4.69, 9.17) is 4.74 Å². The van der Waals surface area contributed by atoms with Crippen LogP contribution in [0.3, 0.4) is 0 Å². The second-order valence-electron chi connectivity index (χ2n) is 3.23. The first-order valence-electron chi connectivity index (χ1n) is 5.03. The molecule has 0 amide bonds. The Morgan fingerprint density at radius 3 is 2.50 bits per heavy atom. The van der Waals surface area contributed by atoms with Gasteiger partial charge in [-0.3, -0.25) is 0 Å². The summed E-state index contributed by atoms with van der Waals surface area (Å²) in [6, 6.07) is 8.06. The maximum absolute atomic E-state index is 10.9. The Kier molecular flexibility index (Phi) is 5.97. The van der Waals surface area contributed by atoms with Crippen LogP contribution in [-0.4, -0.2) is 35.1 Å². The van der Waals surface area contributed by atoms with E-state index in [0.717, 1.165) is 16.4 Å². The maximum atomic E-state index is 10.9. The van der Waals surface area contributed by atoms with Gasteiger partial charge in [-0.15, -0.1) is 0 Å². The van der Waals surface area contributed by atoms with Gasteiger partial charge in [0.1, 0.15) is 0 Å². The van der Waals surface area contributed by atoms with Gasteiger partial charge < -0.3 is 0 Å². The summed E-state index contributed by atoms with van der Waals surface area (Å²) in [5.41, 5.74) is 1.30. The van der Waals surface area contributed by atoms with E-state index in [2.05, 4.69) is 16.9 Å². The van der Waals surface area contributed by atoms with Gasteiger partial charge in [-0.05, 0) is 0 Å². The molecule has 0 fully saturated rings. The molecule has 0 saturated carbocycles. The SMILES string of the molecule is COC(=O)CC[Se]Cc1ccc(OC)cc1. The summed E-state index contributed by atoms with van der Waals surface area (Å²) in [6.07, 6.45) is 0.534. The number of hydrogen-bond donors (Lipinski definition) is 0. The summed E-state index contributed by atoms with van der Waals surface area (Å²) in [5.74, 6) is 0.766. The van der Waals surface area contributed by atoms with Crippen molar-refractivity contribution in [1.29, 1.82) is 0 Å². The van der Waals surface area contributed by atoms with Crippen molar-refractivity contribution < 1.29 is 14.3 Å². The van der Waals surface area contributed by atoms with Gasteiger partial charge in [0.15, 0.2) is 0 Å². The Morgan fingerprint density at radius 2 is 1.94 bits per heavy atom. The molecule has 0 heterocycles. The second-order valence-corrected chi connectivity index (χ2v) is 5.55. The minimum absolute atomic E-state index is 0.114. The quantitative estimate of drug-likeness (QED) is 0.455. The summed E-state index contributed by atoms with van der Waals surface area (Å²) in [5, 5.41) is 1.99. The normalized spacial score (nSPS) is 9.88. The van der Waals surface area contributed by atoms with Crippen LogP contribution >= 0.6 is 0 Å². The first-order chi connectivity index (χ1) is 7.76. The zero-order chi connectivity index (χ0) is 11.8. The summed E-state index contributed by atoms with van der Waals surface area (Å²) in [6.45, 7) is 0. The van der Waals surface area contributed by atoms with Crippen LogP contribution in [0.5, 0.6) is 5.75 Å². The zero-order valence-electron chi connectivity index (χ0n) is 9.56. The molecule has 3 nitrogen and oxygen atoms in total. The fourth-order valence-electron chi connectivity index (χ4n) is 1.17. The average Bonchev–Trinajstić information content (AvgIpc) is 2.35. The van der Waals surface area contributed by atoms with Crippen molar-refractivity contribution in [2.75, 3.05) is 14.2 Å². The topological polar surface area (TPSA) is 35.5 Å². The molecule has 0 aromatic heterocycles. The first-order valence-corrected chi connectivity index (χ1v) is 7.46. The molecule has 16 heavy (non-hydrogen) atoms. The molecule has 0 aliphatic carbocycles. The Bertz CT molecular complexity index is 322. The molecule has 0 aliphatic heterocycles. The van der Waals surface area contributed by atoms with Crippen molar-refractivity contribution >= 4 is 20.9 Å². The number of benzene rings is 1. The molecule has 0 aliphatic rings. The van der Waals surface area contributed by atoms with Crippen LogP contribution in [0.25, 0.3) is 0 Å². The first kappa shape index (κ1) is 13.1. The number of esters is 1. The van der Waals surface area contributed by atoms with Crippen LogP contribution in [0.15, 0.2) is 24.3 Å². The monoisotopic (exact) mass is 288 g/mol. The number of hydrogen-bond acceptors (Lipinski definition) is 3. The molecule has 1 aromatic carbocycles. The third-order valence-electron chi connectivity index (χ3n) is 2.11. The van der Waals surface area contributed by atoms with Crippen molar-refractivity contribution in [3.8, 4) is 5.75 Å². The number of ether oxygens (including phenoxy) is 2. The van der Waals surface area contributed by atoms with E-state index < -0.39 is 0 Å². The molecular weight excluding hydrogens is 271 g/mol. The molecule has 0 atom stereocenters. The Morgan fingerprint density at radius 1 is 1.25 bits per heavy atom. The van der Waals surface area contributed by atoms with E-state index in [1.165, 1.54) is 12.7 Å². The summed E-state index contributed by atoms with van der Waals surface area (Å²) >= 11 is 0.461. The average molecular weight is 287 g/mol. The van der Waals surface area contributed by atoms with Crippen molar-refractivity contribution in [2.45, 2.75) is 17.1 Å². The van der Waals surface area contributed by atoms with Crippen LogP contribution in [0.4, 0.5) is 0 Å². The van der Waals surface area contributed by atoms with Crippen LogP contribution < -0.4 is 4.74 Å². The molecule has 1 aromatic rings. The van der Waals surface area contributed by atoms with E-state index in [9.17, 15) is 4.79 Å². The zero-order valence-corrected chi connectivity index (χ0v) is 11.3. The molecule has 0 radical (unpaired) electrons. The molecule has 0 N–H and O–H groups in total. The molecular formula is C12H16O3Se. The van der Waals surface area contributed by atoms with Crippen molar-refractivity contribution in [1.82, 2.24) is 0 Å². The van der Waals surface area contributed by atoms with Crippen molar-refractivity contribution in [2.24, 2.45) is 0 Å². The van der Waals surface area contributed by atoms with E-state index in [1.807, 2.05) is 12.1 Å². The predicted molar refractivity (Wildman–Crippen MR) is 63.9 cm³/mol. The third-order valence-corrected chi connectivity index (χ3v) is 4.27. The van der Waals surface area contributed by atoms with Gasteiger partial charge in [-0.25, -0.2) is 0 Å². The van der Waals surface area contributed by atoms with E-state index in [1.54, 1.807) is 7.11 Å². The Balaban J connectivity index is 2.24. The molecule has 0 unspecified atom stereocenters. The van der Waals surface area contributed by atoms with Crippen LogP contribution in [-0.2, 0) is 14.9 Å². The molecule has 4 heteroatoms. The third kappa shape index (κ3) is 4.69. The van der Waals surface area contributed by atoms with Gasteiger partial charge in [0.2, 0.25) is 0 Å². The van der Waals surface area contributed by atoms with Gasteiger partial charge in [0, 0.05) is 0 Å². The minimum atomic E-state index is -0.114. The van der Waals surface area contributed by atoms with Crippen LogP contribution in [0.2, 0.25) is 5.32 Å². The van der Waals surface area contributed by atoms with Crippen molar-refractivity contribution in [3.05, 3.63) is 29.8 Å². The molecule has 0 saturated heterocycles. The summed E-state index contributed by atoms with van der Waals surface area (Å²) < 4.78 is 9.67. The van der Waals surface area contributed by atoms with E-state index >= 15 is 0 Å². The Hall–Kier alpha value is -0.991. The predicted octanol–water partition coefficient (Wildman–Crippen LogP) is 1.88. The van der Waals surface area contributed by atoms with E-state index in [0.29, 0.717) is 21.4 Å². The number of carbonyl (C=O) groups is 1. The fraction of sp³-hybridized carbons (Fsp3) is 0.417. The standard InChI is InChI=1S/C12H16O3Se/c1-14-11-5-3-10(4-6-11)9-16-8-7-12(13)15-2/h3-6H,7-9H2,1-2H3. The number of rotatable bonds is 6. The van der Waals surface area contributed by atoms with Gasteiger partial charge in [0.25, 0.3) is 0 Å². The fourth-order valence-corrected chi connectivity index (χ4v) is 3.02. The molecule has 1 rings (SSSR count). The van der Waals surface area contributed by atoms with Gasteiger partial charge >= 0.3 is 102 Å². The molecule has 0 bridgehead atoms. The van der Waals surface area contributed by atoms with Crippen LogP contribution in [0, 0.1) is 0 Å². The molecule has 0 spiro atoms. The van der Waals surface area contributed by atoms with Gasteiger partial charge in [0.05, 0.1) is 0 Å². The summed E-state index contributed by atoms with van der Waals surface area (Å²) in [4.78, 5) is 10.9. The Labute approximate surface area is 102 Å².